The predicted molar refractivity (Wildman–Crippen MR) is 87.6 cm³/mol. The number of rotatable bonds is 6. The second kappa shape index (κ2) is 6.49. The van der Waals surface area contributed by atoms with E-state index in [1.807, 2.05) is 10.8 Å². The summed E-state index contributed by atoms with van der Waals surface area (Å²) in [5.74, 6) is 0.403. The topological polar surface area (TPSA) is 95.4 Å². The lowest BCUT2D eigenvalue weighted by Gasteiger charge is -2.15. The maximum Gasteiger partial charge on any atom is 0.148 e. The molecule has 2 aromatic heterocycles. The molecule has 3 unspecified atom stereocenters. The van der Waals surface area contributed by atoms with Crippen molar-refractivity contribution in [1.29, 1.82) is 0 Å². The molecular weight excluding hydrogens is 296 g/mol. The summed E-state index contributed by atoms with van der Waals surface area (Å²) in [7, 11) is 0. The van der Waals surface area contributed by atoms with E-state index < -0.39 is 0 Å². The van der Waals surface area contributed by atoms with Crippen molar-refractivity contribution in [3.63, 3.8) is 0 Å². The average Bonchev–Trinajstić information content (AvgIpc) is 3.14. The second-order valence-corrected chi connectivity index (χ2v) is 5.36. The standard InChI is InChI=1S/C16H20N4O3/c1-3-5-22-11-6-13(23-12(11)8-21)20-7-10(4-2)14-15(17)18-9-19-16(14)20/h3-4,7,9,11-13,21H,1-2,5-6,8H2,(H2,17,18,19). The number of nitrogens with zero attached hydrogens (tertiary/aromatic N) is 3. The molecule has 7 nitrogen and oxygen atoms in total. The van der Waals surface area contributed by atoms with E-state index in [4.69, 9.17) is 15.2 Å². The van der Waals surface area contributed by atoms with Crippen molar-refractivity contribution in [2.24, 2.45) is 0 Å². The third kappa shape index (κ3) is 2.74. The minimum atomic E-state index is -0.385. The highest BCUT2D eigenvalue weighted by Gasteiger charge is 2.37. The Balaban J connectivity index is 1.96. The number of anilines is 1. The van der Waals surface area contributed by atoms with Crippen molar-refractivity contribution in [3.8, 4) is 0 Å². The number of hydrogen-bond acceptors (Lipinski definition) is 6. The number of nitrogen functional groups attached to an aromatic ring is 1. The molecule has 1 fully saturated rings. The second-order valence-electron chi connectivity index (χ2n) is 5.36. The van der Waals surface area contributed by atoms with Crippen LogP contribution in [0.2, 0.25) is 0 Å². The van der Waals surface area contributed by atoms with Gasteiger partial charge in [-0.05, 0) is 0 Å². The molecule has 0 bridgehead atoms. The number of aliphatic hydroxyl groups is 1. The van der Waals surface area contributed by atoms with Gasteiger partial charge in [0.15, 0.2) is 0 Å². The van der Waals surface area contributed by atoms with E-state index in [1.54, 1.807) is 12.2 Å². The summed E-state index contributed by atoms with van der Waals surface area (Å²) in [6.45, 7) is 7.75. The van der Waals surface area contributed by atoms with Gasteiger partial charge in [-0.1, -0.05) is 18.7 Å². The smallest absolute Gasteiger partial charge is 0.148 e. The van der Waals surface area contributed by atoms with Crippen molar-refractivity contribution in [2.75, 3.05) is 18.9 Å². The minimum absolute atomic E-state index is 0.108. The molecule has 3 N–H and O–H groups in total. The summed E-state index contributed by atoms with van der Waals surface area (Å²) in [4.78, 5) is 8.35. The molecule has 0 amide bonds. The average molecular weight is 316 g/mol. The van der Waals surface area contributed by atoms with Gasteiger partial charge in [-0.2, -0.15) is 0 Å². The Morgan fingerprint density at radius 3 is 3.00 bits per heavy atom. The first-order chi connectivity index (χ1) is 11.2. The van der Waals surface area contributed by atoms with E-state index in [9.17, 15) is 5.11 Å². The van der Waals surface area contributed by atoms with Gasteiger partial charge >= 0.3 is 0 Å². The highest BCUT2D eigenvalue weighted by Crippen LogP contribution is 2.35. The molecule has 1 saturated heterocycles. The van der Waals surface area contributed by atoms with Crippen LogP contribution >= 0.6 is 0 Å². The maximum atomic E-state index is 9.51. The van der Waals surface area contributed by atoms with Gasteiger partial charge in [0.2, 0.25) is 0 Å². The number of hydrogen-bond donors (Lipinski definition) is 2. The number of fused-ring (bicyclic) bond motifs is 1. The summed E-state index contributed by atoms with van der Waals surface area (Å²) in [5, 5.41) is 10.3. The van der Waals surface area contributed by atoms with Crippen LogP contribution in [0, 0.1) is 0 Å². The van der Waals surface area contributed by atoms with Gasteiger partial charge in [0.1, 0.15) is 30.1 Å². The molecule has 3 heterocycles. The minimum Gasteiger partial charge on any atom is -0.394 e. The first kappa shape index (κ1) is 15.7. The van der Waals surface area contributed by atoms with Crippen LogP contribution in [0.4, 0.5) is 5.82 Å². The van der Waals surface area contributed by atoms with Gasteiger partial charge < -0.3 is 24.9 Å². The van der Waals surface area contributed by atoms with Crippen LogP contribution in [0.5, 0.6) is 0 Å². The van der Waals surface area contributed by atoms with E-state index in [1.165, 1.54) is 6.33 Å². The summed E-state index contributed by atoms with van der Waals surface area (Å²) < 4.78 is 13.5. The van der Waals surface area contributed by atoms with Crippen molar-refractivity contribution in [1.82, 2.24) is 14.5 Å². The Kier molecular flexibility index (Phi) is 4.42. The third-order valence-corrected chi connectivity index (χ3v) is 3.99. The van der Waals surface area contributed by atoms with Gasteiger partial charge in [0, 0.05) is 18.2 Å². The molecule has 1 aliphatic heterocycles. The fourth-order valence-corrected chi connectivity index (χ4v) is 2.91. The first-order valence-electron chi connectivity index (χ1n) is 7.41. The SMILES string of the molecule is C=CCOC1CC(n2cc(C=C)c3c(N)ncnc32)OC1CO. The van der Waals surface area contributed by atoms with Crippen LogP contribution in [-0.4, -0.2) is 45.1 Å². The van der Waals surface area contributed by atoms with E-state index >= 15 is 0 Å². The molecule has 122 valence electrons. The first-order valence-corrected chi connectivity index (χ1v) is 7.41. The number of aliphatic hydroxyl groups excluding tert-OH is 1. The molecule has 23 heavy (non-hydrogen) atoms. The molecule has 7 heteroatoms. The van der Waals surface area contributed by atoms with Gasteiger partial charge in [-0.25, -0.2) is 9.97 Å². The lowest BCUT2D eigenvalue weighted by atomic mass is 10.2. The molecule has 0 aromatic carbocycles. The molecule has 3 rings (SSSR count). The van der Waals surface area contributed by atoms with Gasteiger partial charge in [0.25, 0.3) is 0 Å². The van der Waals surface area contributed by atoms with E-state index in [0.717, 1.165) is 10.9 Å². The zero-order valence-corrected chi connectivity index (χ0v) is 12.8. The monoisotopic (exact) mass is 316 g/mol. The molecule has 1 aliphatic rings. The lowest BCUT2D eigenvalue weighted by Crippen LogP contribution is -2.27. The zero-order chi connectivity index (χ0) is 16.4. The molecule has 0 saturated carbocycles. The molecule has 0 radical (unpaired) electrons. The van der Waals surface area contributed by atoms with Crippen LogP contribution in [-0.2, 0) is 9.47 Å². The molecule has 0 aliphatic carbocycles. The fourth-order valence-electron chi connectivity index (χ4n) is 2.91. The summed E-state index contributed by atoms with van der Waals surface area (Å²) in [5.41, 5.74) is 7.49. The van der Waals surface area contributed by atoms with Crippen LogP contribution in [0.3, 0.4) is 0 Å². The summed E-state index contributed by atoms with van der Waals surface area (Å²) >= 11 is 0. The zero-order valence-electron chi connectivity index (χ0n) is 12.8. The Labute approximate surface area is 134 Å². The van der Waals surface area contributed by atoms with Crippen LogP contribution in [0.15, 0.2) is 31.8 Å². The largest absolute Gasteiger partial charge is 0.394 e. The quantitative estimate of drug-likeness (QED) is 0.784. The van der Waals surface area contributed by atoms with E-state index in [-0.39, 0.29) is 25.0 Å². The highest BCUT2D eigenvalue weighted by molar-refractivity contribution is 5.94. The Bertz CT molecular complexity index is 727. The van der Waals surface area contributed by atoms with Crippen molar-refractivity contribution >= 4 is 22.9 Å². The molecular formula is C16H20N4O3. The van der Waals surface area contributed by atoms with E-state index in [0.29, 0.717) is 24.5 Å². The van der Waals surface area contributed by atoms with Gasteiger partial charge in [0.05, 0.1) is 24.7 Å². The summed E-state index contributed by atoms with van der Waals surface area (Å²) in [6, 6.07) is 0. The summed E-state index contributed by atoms with van der Waals surface area (Å²) in [6.07, 6.45) is 6.41. The Morgan fingerprint density at radius 2 is 2.30 bits per heavy atom. The normalized spacial score (nSPS) is 24.1. The third-order valence-electron chi connectivity index (χ3n) is 3.99. The van der Waals surface area contributed by atoms with Crippen molar-refractivity contribution < 1.29 is 14.6 Å². The Hall–Kier alpha value is -2.22. The van der Waals surface area contributed by atoms with E-state index in [2.05, 4.69) is 23.1 Å². The lowest BCUT2D eigenvalue weighted by molar-refractivity contribution is -0.0560. The van der Waals surface area contributed by atoms with Gasteiger partial charge in [-0.3, -0.25) is 0 Å². The van der Waals surface area contributed by atoms with Crippen LogP contribution in [0.25, 0.3) is 17.1 Å². The van der Waals surface area contributed by atoms with Crippen LogP contribution < -0.4 is 5.73 Å². The fraction of sp³-hybridized carbons (Fsp3) is 0.375. The van der Waals surface area contributed by atoms with Gasteiger partial charge in [-0.15, -0.1) is 6.58 Å². The predicted octanol–water partition coefficient (Wildman–Crippen LogP) is 1.51. The molecule has 0 spiro atoms. The van der Waals surface area contributed by atoms with Crippen molar-refractivity contribution in [2.45, 2.75) is 24.9 Å². The number of ether oxygens (including phenoxy) is 2. The Morgan fingerprint density at radius 1 is 1.48 bits per heavy atom. The highest BCUT2D eigenvalue weighted by atomic mass is 16.6. The van der Waals surface area contributed by atoms with Crippen molar-refractivity contribution in [3.05, 3.63) is 37.3 Å². The molecule has 3 atom stereocenters. The number of nitrogens with two attached hydrogens (primary N) is 1. The molecule has 2 aromatic rings. The number of aromatic nitrogens is 3. The maximum absolute atomic E-state index is 9.51. The van der Waals surface area contributed by atoms with Crippen LogP contribution in [0.1, 0.15) is 18.2 Å².